The first-order valence-electron chi connectivity index (χ1n) is 8.45. The first kappa shape index (κ1) is 17.9. The number of nitrogens with one attached hydrogen (secondary N) is 1. The molecule has 0 atom stereocenters. The predicted molar refractivity (Wildman–Crippen MR) is 110 cm³/mol. The Hall–Kier alpha value is -2.92. The van der Waals surface area contributed by atoms with Crippen LogP contribution in [0.15, 0.2) is 72.8 Å². The van der Waals surface area contributed by atoms with Crippen molar-refractivity contribution in [3.05, 3.63) is 72.8 Å². The molecule has 0 aliphatic heterocycles. The predicted octanol–water partition coefficient (Wildman–Crippen LogP) is 4.15. The van der Waals surface area contributed by atoms with Crippen molar-refractivity contribution in [1.29, 1.82) is 0 Å². The summed E-state index contributed by atoms with van der Waals surface area (Å²) in [4.78, 5) is 14.1. The minimum Gasteiger partial charge on any atom is -0.484 e. The zero-order valence-electron chi connectivity index (χ0n) is 14.5. The summed E-state index contributed by atoms with van der Waals surface area (Å²) in [6.07, 6.45) is 0. The van der Waals surface area contributed by atoms with Crippen LogP contribution in [0.5, 0.6) is 5.75 Å². The SMILES string of the molecule is CCN(C(=S)NC(=O)COc1ccc2ccccc2c1)c1ccccc1. The lowest BCUT2D eigenvalue weighted by molar-refractivity contribution is -0.121. The van der Waals surface area contributed by atoms with E-state index in [0.717, 1.165) is 16.5 Å². The van der Waals surface area contributed by atoms with E-state index in [1.54, 1.807) is 0 Å². The topological polar surface area (TPSA) is 41.6 Å². The third-order valence-corrected chi connectivity index (χ3v) is 4.29. The van der Waals surface area contributed by atoms with Gasteiger partial charge in [-0.05, 0) is 54.2 Å². The molecule has 0 saturated heterocycles. The van der Waals surface area contributed by atoms with Gasteiger partial charge < -0.3 is 9.64 Å². The molecule has 0 unspecified atom stereocenters. The maximum absolute atomic E-state index is 12.2. The third kappa shape index (κ3) is 4.37. The number of ether oxygens (including phenoxy) is 1. The fourth-order valence-corrected chi connectivity index (χ4v) is 3.03. The van der Waals surface area contributed by atoms with Crippen molar-refractivity contribution in [1.82, 2.24) is 5.32 Å². The Bertz CT molecular complexity index is 912. The van der Waals surface area contributed by atoms with Crippen LogP contribution < -0.4 is 15.0 Å². The first-order valence-corrected chi connectivity index (χ1v) is 8.86. The fraction of sp³-hybridized carbons (Fsp3) is 0.143. The Labute approximate surface area is 158 Å². The standard InChI is InChI=1S/C21H20N2O2S/c1-2-23(18-10-4-3-5-11-18)21(26)22-20(24)15-25-19-13-12-16-8-6-7-9-17(16)14-19/h3-14H,2,15H2,1H3,(H,22,24,26). The van der Waals surface area contributed by atoms with Crippen LogP contribution in [-0.4, -0.2) is 24.2 Å². The lowest BCUT2D eigenvalue weighted by Crippen LogP contribution is -2.44. The first-order chi connectivity index (χ1) is 12.7. The van der Waals surface area contributed by atoms with E-state index in [-0.39, 0.29) is 12.5 Å². The van der Waals surface area contributed by atoms with Gasteiger partial charge in [0.25, 0.3) is 5.91 Å². The molecule has 0 spiro atoms. The number of fused-ring (bicyclic) bond motifs is 1. The molecule has 0 aliphatic carbocycles. The number of hydrogen-bond acceptors (Lipinski definition) is 3. The van der Waals surface area contributed by atoms with Crippen molar-refractivity contribution in [3.63, 3.8) is 0 Å². The molecule has 0 aromatic heterocycles. The summed E-state index contributed by atoms with van der Waals surface area (Å²) in [5.41, 5.74) is 0.941. The average molecular weight is 364 g/mol. The molecule has 0 radical (unpaired) electrons. The molecule has 1 amide bonds. The number of benzene rings is 3. The number of hydrogen-bond donors (Lipinski definition) is 1. The van der Waals surface area contributed by atoms with Crippen molar-refractivity contribution in [2.45, 2.75) is 6.92 Å². The second kappa shape index (κ2) is 8.45. The Kier molecular flexibility index (Phi) is 5.81. The molecule has 0 bridgehead atoms. The van der Waals surface area contributed by atoms with E-state index < -0.39 is 0 Å². The lowest BCUT2D eigenvalue weighted by atomic mass is 10.1. The Morgan fingerprint density at radius 3 is 2.42 bits per heavy atom. The molecule has 0 aliphatic rings. The van der Waals surface area contributed by atoms with Gasteiger partial charge in [0, 0.05) is 12.2 Å². The highest BCUT2D eigenvalue weighted by Gasteiger charge is 2.13. The number of amides is 1. The van der Waals surface area contributed by atoms with E-state index in [1.807, 2.05) is 84.6 Å². The molecule has 26 heavy (non-hydrogen) atoms. The van der Waals surface area contributed by atoms with Gasteiger partial charge >= 0.3 is 0 Å². The van der Waals surface area contributed by atoms with Crippen molar-refractivity contribution < 1.29 is 9.53 Å². The van der Waals surface area contributed by atoms with Gasteiger partial charge in [-0.1, -0.05) is 48.5 Å². The van der Waals surface area contributed by atoms with Gasteiger partial charge in [0.1, 0.15) is 5.75 Å². The van der Waals surface area contributed by atoms with E-state index in [2.05, 4.69) is 5.32 Å². The molecule has 3 rings (SSSR count). The second-order valence-electron chi connectivity index (χ2n) is 5.73. The number of carbonyl (C=O) groups is 1. The van der Waals surface area contributed by atoms with Crippen LogP contribution in [0.3, 0.4) is 0 Å². The van der Waals surface area contributed by atoms with Crippen molar-refractivity contribution >= 4 is 39.7 Å². The average Bonchev–Trinajstić information content (AvgIpc) is 2.67. The molecular formula is C21H20N2O2S. The number of carbonyl (C=O) groups excluding carboxylic acids is 1. The molecule has 3 aromatic rings. The van der Waals surface area contributed by atoms with Gasteiger partial charge in [-0.15, -0.1) is 0 Å². The molecule has 3 aromatic carbocycles. The molecule has 0 saturated carbocycles. The Balaban J connectivity index is 1.58. The molecule has 132 valence electrons. The van der Waals surface area contributed by atoms with Crippen LogP contribution in [0, 0.1) is 0 Å². The number of anilines is 1. The maximum Gasteiger partial charge on any atom is 0.264 e. The quantitative estimate of drug-likeness (QED) is 0.691. The minimum absolute atomic E-state index is 0.0924. The monoisotopic (exact) mass is 364 g/mol. The summed E-state index contributed by atoms with van der Waals surface area (Å²) >= 11 is 5.37. The summed E-state index contributed by atoms with van der Waals surface area (Å²) in [5.74, 6) is 0.373. The van der Waals surface area contributed by atoms with Crippen LogP contribution in [0.25, 0.3) is 10.8 Å². The summed E-state index contributed by atoms with van der Waals surface area (Å²) < 4.78 is 5.61. The number of rotatable bonds is 5. The highest BCUT2D eigenvalue weighted by molar-refractivity contribution is 7.80. The van der Waals surface area contributed by atoms with Crippen LogP contribution in [0.2, 0.25) is 0 Å². The van der Waals surface area contributed by atoms with Crippen molar-refractivity contribution in [2.75, 3.05) is 18.1 Å². The van der Waals surface area contributed by atoms with Gasteiger partial charge in [0.15, 0.2) is 11.7 Å². The van der Waals surface area contributed by atoms with E-state index in [9.17, 15) is 4.79 Å². The summed E-state index contributed by atoms with van der Waals surface area (Å²) in [6.45, 7) is 2.55. The number of thiocarbonyl (C=S) groups is 1. The van der Waals surface area contributed by atoms with E-state index in [4.69, 9.17) is 17.0 Å². The Morgan fingerprint density at radius 2 is 1.69 bits per heavy atom. The van der Waals surface area contributed by atoms with Crippen LogP contribution >= 0.6 is 12.2 Å². The zero-order valence-corrected chi connectivity index (χ0v) is 15.3. The zero-order chi connectivity index (χ0) is 18.4. The highest BCUT2D eigenvalue weighted by atomic mass is 32.1. The lowest BCUT2D eigenvalue weighted by Gasteiger charge is -2.23. The maximum atomic E-state index is 12.2. The second-order valence-corrected chi connectivity index (χ2v) is 6.12. The van der Waals surface area contributed by atoms with Gasteiger partial charge in [0.2, 0.25) is 0 Å². The van der Waals surface area contributed by atoms with Crippen molar-refractivity contribution in [3.8, 4) is 5.75 Å². The Morgan fingerprint density at radius 1 is 1.00 bits per heavy atom. The van der Waals surface area contributed by atoms with Crippen LogP contribution in [0.4, 0.5) is 5.69 Å². The van der Waals surface area contributed by atoms with E-state index in [1.165, 1.54) is 0 Å². The number of para-hydroxylation sites is 1. The summed E-state index contributed by atoms with van der Waals surface area (Å²) in [7, 11) is 0. The van der Waals surface area contributed by atoms with Crippen LogP contribution in [0.1, 0.15) is 6.92 Å². The largest absolute Gasteiger partial charge is 0.484 e. The van der Waals surface area contributed by atoms with E-state index >= 15 is 0 Å². The smallest absolute Gasteiger partial charge is 0.264 e. The molecule has 4 nitrogen and oxygen atoms in total. The molecule has 1 N–H and O–H groups in total. The summed E-state index contributed by atoms with van der Waals surface area (Å²) in [6, 6.07) is 23.5. The summed E-state index contributed by atoms with van der Waals surface area (Å²) in [5, 5.41) is 5.30. The van der Waals surface area contributed by atoms with Gasteiger partial charge in [0.05, 0.1) is 0 Å². The number of nitrogens with zero attached hydrogens (tertiary/aromatic N) is 1. The molecule has 0 fully saturated rings. The van der Waals surface area contributed by atoms with Gasteiger partial charge in [-0.2, -0.15) is 0 Å². The van der Waals surface area contributed by atoms with Crippen LogP contribution in [-0.2, 0) is 4.79 Å². The highest BCUT2D eigenvalue weighted by Crippen LogP contribution is 2.20. The van der Waals surface area contributed by atoms with Gasteiger partial charge in [-0.3, -0.25) is 10.1 Å². The molecular weight excluding hydrogens is 344 g/mol. The normalized spacial score (nSPS) is 10.3. The molecule has 5 heteroatoms. The minimum atomic E-state index is -0.280. The fourth-order valence-electron chi connectivity index (χ4n) is 2.68. The molecule has 0 heterocycles. The van der Waals surface area contributed by atoms with E-state index in [0.29, 0.717) is 17.4 Å². The van der Waals surface area contributed by atoms with Gasteiger partial charge in [-0.25, -0.2) is 0 Å². The third-order valence-electron chi connectivity index (χ3n) is 3.97. The van der Waals surface area contributed by atoms with Crippen molar-refractivity contribution in [2.24, 2.45) is 0 Å².